The number of amides is 1. The molecule has 1 aromatic heterocycles. The first-order valence-corrected chi connectivity index (χ1v) is 11.1. The van der Waals surface area contributed by atoms with E-state index in [1.54, 1.807) is 23.1 Å². The van der Waals surface area contributed by atoms with Crippen LogP contribution in [0, 0.1) is 11.7 Å². The number of carbonyl (C=O) groups excluding carboxylic acids is 2. The summed E-state index contributed by atoms with van der Waals surface area (Å²) >= 11 is 11.6. The third kappa shape index (κ3) is 5.37. The van der Waals surface area contributed by atoms with E-state index in [-0.39, 0.29) is 35.0 Å². The number of benzene rings is 2. The number of ketones is 1. The molecule has 1 atom stereocenters. The molecule has 1 fully saturated rings. The Bertz CT molecular complexity index is 1170. The van der Waals surface area contributed by atoms with Crippen LogP contribution in [-0.4, -0.2) is 41.3 Å². The second-order valence-electron chi connectivity index (χ2n) is 7.88. The Hall–Kier alpha value is -2.70. The first kappa shape index (κ1) is 22.5. The molecule has 0 N–H and O–H groups in total. The van der Waals surface area contributed by atoms with E-state index < -0.39 is 5.82 Å². The predicted octanol–water partition coefficient (Wildman–Crippen LogP) is 5.57. The molecule has 2 heterocycles. The van der Waals surface area contributed by atoms with Gasteiger partial charge in [0.25, 0.3) is 5.91 Å². The lowest BCUT2D eigenvalue weighted by atomic mass is 10.0. The van der Waals surface area contributed by atoms with Crippen LogP contribution in [0.3, 0.4) is 0 Å². The zero-order valence-corrected chi connectivity index (χ0v) is 18.7. The molecular formula is C24H21Cl2FN2O3. The maximum Gasteiger partial charge on any atom is 0.272 e. The van der Waals surface area contributed by atoms with Gasteiger partial charge in [0.05, 0.1) is 10.5 Å². The molecule has 8 heteroatoms. The maximum absolute atomic E-state index is 13.4. The summed E-state index contributed by atoms with van der Waals surface area (Å²) in [5.41, 5.74) is 1.13. The molecule has 2 aromatic carbocycles. The van der Waals surface area contributed by atoms with Gasteiger partial charge in [-0.3, -0.25) is 9.59 Å². The van der Waals surface area contributed by atoms with Crippen molar-refractivity contribution in [1.29, 1.82) is 0 Å². The van der Waals surface area contributed by atoms with Crippen LogP contribution in [-0.2, 0) is 4.79 Å². The Kier molecular flexibility index (Phi) is 6.92. The van der Waals surface area contributed by atoms with Gasteiger partial charge < -0.3 is 9.64 Å². The van der Waals surface area contributed by atoms with Crippen molar-refractivity contribution in [3.8, 4) is 5.75 Å². The van der Waals surface area contributed by atoms with Gasteiger partial charge in [-0.25, -0.2) is 9.37 Å². The number of halogens is 3. The van der Waals surface area contributed by atoms with Crippen LogP contribution in [0.2, 0.25) is 10.0 Å². The SMILES string of the molecule is O=C(CCC1CCN(C(=O)c2ccc3cc(Cl)ccc3n2)C1)COc1ccc(Cl)c(F)c1. The largest absolute Gasteiger partial charge is 0.486 e. The van der Waals surface area contributed by atoms with Crippen LogP contribution in [0.15, 0.2) is 48.5 Å². The molecule has 166 valence electrons. The van der Waals surface area contributed by atoms with Gasteiger partial charge in [0, 0.05) is 36.0 Å². The Labute approximate surface area is 195 Å². The standard InChI is InChI=1S/C24H21Cl2FN2O3/c25-17-3-8-22-16(11-17)2-7-23(28-22)24(31)29-10-9-15(13-29)1-4-18(30)14-32-19-5-6-20(26)21(27)12-19/h2-3,5-8,11-12,15H,1,4,9-10,13-14H2. The third-order valence-corrected chi connectivity index (χ3v) is 6.11. The number of Topliss-reactive ketones (excluding diaryl/α,β-unsaturated/α-hetero) is 1. The molecule has 1 unspecified atom stereocenters. The van der Waals surface area contributed by atoms with E-state index in [0.29, 0.717) is 36.6 Å². The highest BCUT2D eigenvalue weighted by Crippen LogP contribution is 2.25. The minimum Gasteiger partial charge on any atom is -0.486 e. The number of pyridine rings is 1. The van der Waals surface area contributed by atoms with Crippen molar-refractivity contribution in [2.24, 2.45) is 5.92 Å². The lowest BCUT2D eigenvalue weighted by molar-refractivity contribution is -0.121. The van der Waals surface area contributed by atoms with Crippen LogP contribution in [0.1, 0.15) is 29.8 Å². The summed E-state index contributed by atoms with van der Waals surface area (Å²) in [6.45, 7) is 1.11. The molecule has 0 bridgehead atoms. The molecule has 1 amide bonds. The smallest absolute Gasteiger partial charge is 0.272 e. The number of nitrogens with zero attached hydrogens (tertiary/aromatic N) is 2. The monoisotopic (exact) mass is 474 g/mol. The minimum atomic E-state index is -0.586. The fourth-order valence-corrected chi connectivity index (χ4v) is 4.10. The Balaban J connectivity index is 1.26. The van der Waals surface area contributed by atoms with Crippen LogP contribution < -0.4 is 4.74 Å². The highest BCUT2D eigenvalue weighted by Gasteiger charge is 2.28. The Morgan fingerprint density at radius 1 is 1.12 bits per heavy atom. The van der Waals surface area contributed by atoms with Crippen molar-refractivity contribution in [1.82, 2.24) is 9.88 Å². The molecule has 4 rings (SSSR count). The zero-order valence-electron chi connectivity index (χ0n) is 17.2. The second-order valence-corrected chi connectivity index (χ2v) is 8.72. The van der Waals surface area contributed by atoms with Crippen molar-refractivity contribution in [2.45, 2.75) is 19.3 Å². The summed E-state index contributed by atoms with van der Waals surface area (Å²) in [6.07, 6.45) is 1.85. The van der Waals surface area contributed by atoms with E-state index in [4.69, 9.17) is 27.9 Å². The van der Waals surface area contributed by atoms with Crippen LogP contribution in [0.4, 0.5) is 4.39 Å². The summed E-state index contributed by atoms with van der Waals surface area (Å²) in [5.74, 6) is -0.251. The summed E-state index contributed by atoms with van der Waals surface area (Å²) in [5, 5.41) is 1.52. The normalized spacial score (nSPS) is 15.8. The molecule has 5 nitrogen and oxygen atoms in total. The molecule has 1 saturated heterocycles. The Morgan fingerprint density at radius 2 is 1.97 bits per heavy atom. The first-order chi connectivity index (χ1) is 15.4. The van der Waals surface area contributed by atoms with Crippen molar-refractivity contribution in [2.75, 3.05) is 19.7 Å². The van der Waals surface area contributed by atoms with E-state index >= 15 is 0 Å². The van der Waals surface area contributed by atoms with E-state index in [1.165, 1.54) is 12.1 Å². The highest BCUT2D eigenvalue weighted by atomic mass is 35.5. The molecule has 0 radical (unpaired) electrons. The van der Waals surface area contributed by atoms with Crippen molar-refractivity contribution in [3.05, 3.63) is 70.1 Å². The van der Waals surface area contributed by atoms with Gasteiger partial charge >= 0.3 is 0 Å². The van der Waals surface area contributed by atoms with Gasteiger partial charge in [0.1, 0.15) is 23.9 Å². The van der Waals surface area contributed by atoms with Crippen molar-refractivity contribution < 1.29 is 18.7 Å². The topological polar surface area (TPSA) is 59.5 Å². The van der Waals surface area contributed by atoms with Crippen molar-refractivity contribution >= 4 is 45.8 Å². The molecule has 0 spiro atoms. The summed E-state index contributed by atoms with van der Waals surface area (Å²) < 4.78 is 18.8. The van der Waals surface area contributed by atoms with E-state index in [9.17, 15) is 14.0 Å². The molecule has 1 aliphatic heterocycles. The molecular weight excluding hydrogens is 454 g/mol. The number of ether oxygens (including phenoxy) is 1. The van der Waals surface area contributed by atoms with Gasteiger partial charge in [-0.15, -0.1) is 0 Å². The lowest BCUT2D eigenvalue weighted by Crippen LogP contribution is -2.29. The van der Waals surface area contributed by atoms with Crippen molar-refractivity contribution in [3.63, 3.8) is 0 Å². The number of carbonyl (C=O) groups is 2. The average molecular weight is 475 g/mol. The summed E-state index contributed by atoms with van der Waals surface area (Å²) in [4.78, 5) is 31.3. The fourth-order valence-electron chi connectivity index (χ4n) is 3.80. The lowest BCUT2D eigenvalue weighted by Gasteiger charge is -2.16. The van der Waals surface area contributed by atoms with Gasteiger partial charge in [-0.05, 0) is 55.2 Å². The highest BCUT2D eigenvalue weighted by molar-refractivity contribution is 6.31. The van der Waals surface area contributed by atoms with Gasteiger partial charge in [0.2, 0.25) is 0 Å². The van der Waals surface area contributed by atoms with Gasteiger partial charge in [-0.1, -0.05) is 29.3 Å². The molecule has 1 aliphatic rings. The minimum absolute atomic E-state index is 0.00676. The fraction of sp³-hybridized carbons (Fsp3) is 0.292. The number of fused-ring (bicyclic) bond motifs is 1. The first-order valence-electron chi connectivity index (χ1n) is 10.3. The molecule has 0 aliphatic carbocycles. The van der Waals surface area contributed by atoms with E-state index in [1.807, 2.05) is 12.1 Å². The predicted molar refractivity (Wildman–Crippen MR) is 122 cm³/mol. The molecule has 0 saturated carbocycles. The van der Waals surface area contributed by atoms with Gasteiger partial charge in [0.15, 0.2) is 5.78 Å². The molecule has 3 aromatic rings. The summed E-state index contributed by atoms with van der Waals surface area (Å²) in [7, 11) is 0. The molecule has 32 heavy (non-hydrogen) atoms. The number of rotatable bonds is 7. The number of hydrogen-bond donors (Lipinski definition) is 0. The number of hydrogen-bond acceptors (Lipinski definition) is 4. The van der Waals surface area contributed by atoms with E-state index in [0.717, 1.165) is 23.4 Å². The number of aromatic nitrogens is 1. The third-order valence-electron chi connectivity index (χ3n) is 5.57. The quantitative estimate of drug-likeness (QED) is 0.448. The second kappa shape index (κ2) is 9.84. The maximum atomic E-state index is 13.4. The summed E-state index contributed by atoms with van der Waals surface area (Å²) in [6, 6.07) is 13.0. The average Bonchev–Trinajstić information content (AvgIpc) is 3.26. The van der Waals surface area contributed by atoms with E-state index in [2.05, 4.69) is 4.98 Å². The zero-order chi connectivity index (χ0) is 22.7. The van der Waals surface area contributed by atoms with Crippen LogP contribution in [0.5, 0.6) is 5.75 Å². The Morgan fingerprint density at radius 3 is 2.78 bits per heavy atom. The van der Waals surface area contributed by atoms with Gasteiger partial charge in [-0.2, -0.15) is 0 Å². The number of likely N-dealkylation sites (tertiary alicyclic amines) is 1. The van der Waals surface area contributed by atoms with Crippen LogP contribution >= 0.6 is 23.2 Å². The van der Waals surface area contributed by atoms with Crippen LogP contribution in [0.25, 0.3) is 10.9 Å².